The van der Waals surface area contributed by atoms with E-state index in [1.54, 1.807) is 18.2 Å². The van der Waals surface area contributed by atoms with Gasteiger partial charge in [0.1, 0.15) is 5.56 Å². The molecule has 24 heavy (non-hydrogen) atoms. The highest BCUT2D eigenvalue weighted by Gasteiger charge is 2.16. The first-order valence-electron chi connectivity index (χ1n) is 7.64. The lowest BCUT2D eigenvalue weighted by atomic mass is 10.1. The van der Waals surface area contributed by atoms with Crippen LogP contribution in [0.4, 0.5) is 5.69 Å². The quantitative estimate of drug-likeness (QED) is 0.745. The second-order valence-corrected chi connectivity index (χ2v) is 5.29. The Balaban J connectivity index is 2.01. The molecule has 0 radical (unpaired) electrons. The highest BCUT2D eigenvalue weighted by atomic mass is 16.5. The Hall–Kier alpha value is -3.08. The van der Waals surface area contributed by atoms with Gasteiger partial charge in [-0.25, -0.2) is 4.79 Å². The fraction of sp³-hybridized carbons (Fsp3) is 0.158. The number of amides is 1. The summed E-state index contributed by atoms with van der Waals surface area (Å²) in [5.41, 5.74) is 1.28. The standard InChI is InChI=1S/C19H17NO4/c1-3-12-7-4-5-9-15(12)20-18(21)14-11-13-8-6-10-16(23-2)17(13)24-19(14)22/h4-11H,3H2,1-2H3,(H,20,21). The minimum atomic E-state index is -0.696. The van der Waals surface area contributed by atoms with Crippen molar-refractivity contribution >= 4 is 22.6 Å². The van der Waals surface area contributed by atoms with Gasteiger partial charge in [-0.05, 0) is 30.2 Å². The van der Waals surface area contributed by atoms with E-state index in [1.807, 2.05) is 31.2 Å². The maximum Gasteiger partial charge on any atom is 0.349 e. The van der Waals surface area contributed by atoms with E-state index in [9.17, 15) is 9.59 Å². The minimum Gasteiger partial charge on any atom is -0.493 e. The van der Waals surface area contributed by atoms with Crippen LogP contribution in [0.1, 0.15) is 22.8 Å². The fourth-order valence-corrected chi connectivity index (χ4v) is 2.58. The Labute approximate surface area is 138 Å². The van der Waals surface area contributed by atoms with Crippen LogP contribution in [0.25, 0.3) is 11.0 Å². The highest BCUT2D eigenvalue weighted by molar-refractivity contribution is 6.06. The van der Waals surface area contributed by atoms with Gasteiger partial charge in [-0.3, -0.25) is 4.79 Å². The van der Waals surface area contributed by atoms with Crippen LogP contribution in [0.2, 0.25) is 0 Å². The van der Waals surface area contributed by atoms with E-state index >= 15 is 0 Å². The molecule has 0 aliphatic carbocycles. The molecular weight excluding hydrogens is 306 g/mol. The average molecular weight is 323 g/mol. The number of aryl methyl sites for hydroxylation is 1. The van der Waals surface area contributed by atoms with Gasteiger partial charge in [-0.1, -0.05) is 37.3 Å². The van der Waals surface area contributed by atoms with E-state index < -0.39 is 11.5 Å². The lowest BCUT2D eigenvalue weighted by Crippen LogP contribution is -2.21. The third-order valence-corrected chi connectivity index (χ3v) is 3.83. The molecule has 0 unspecified atom stereocenters. The molecule has 122 valence electrons. The molecule has 5 heteroatoms. The molecule has 0 fully saturated rings. The van der Waals surface area contributed by atoms with Crippen molar-refractivity contribution < 1.29 is 13.9 Å². The van der Waals surface area contributed by atoms with Crippen LogP contribution in [-0.2, 0) is 6.42 Å². The molecule has 1 aromatic heterocycles. The van der Waals surface area contributed by atoms with Crippen molar-refractivity contribution in [2.45, 2.75) is 13.3 Å². The lowest BCUT2D eigenvalue weighted by molar-refractivity contribution is 0.102. The van der Waals surface area contributed by atoms with Crippen molar-refractivity contribution in [2.75, 3.05) is 12.4 Å². The summed E-state index contributed by atoms with van der Waals surface area (Å²) in [6.45, 7) is 2.00. The summed E-state index contributed by atoms with van der Waals surface area (Å²) in [6.07, 6.45) is 0.778. The van der Waals surface area contributed by atoms with Crippen LogP contribution in [0.5, 0.6) is 5.75 Å². The first kappa shape index (κ1) is 15.8. The number of fused-ring (bicyclic) bond motifs is 1. The zero-order valence-corrected chi connectivity index (χ0v) is 13.5. The molecule has 2 aromatic carbocycles. The number of para-hydroxylation sites is 2. The van der Waals surface area contributed by atoms with Crippen LogP contribution >= 0.6 is 0 Å². The second kappa shape index (κ2) is 6.58. The fourth-order valence-electron chi connectivity index (χ4n) is 2.58. The number of carbonyl (C=O) groups is 1. The minimum absolute atomic E-state index is 0.0401. The van der Waals surface area contributed by atoms with Crippen LogP contribution in [0.3, 0.4) is 0 Å². The SMILES string of the molecule is CCc1ccccc1NC(=O)c1cc2cccc(OC)c2oc1=O. The number of benzene rings is 2. The molecule has 3 rings (SSSR count). The number of methoxy groups -OCH3 is 1. The predicted molar refractivity (Wildman–Crippen MR) is 92.8 cm³/mol. The smallest absolute Gasteiger partial charge is 0.349 e. The van der Waals surface area contributed by atoms with Gasteiger partial charge in [0.15, 0.2) is 11.3 Å². The monoisotopic (exact) mass is 323 g/mol. The molecule has 5 nitrogen and oxygen atoms in total. The van der Waals surface area contributed by atoms with E-state index in [0.29, 0.717) is 22.4 Å². The maximum absolute atomic E-state index is 12.5. The molecule has 0 saturated carbocycles. The van der Waals surface area contributed by atoms with Crippen molar-refractivity contribution in [1.29, 1.82) is 0 Å². The van der Waals surface area contributed by atoms with E-state index in [2.05, 4.69) is 5.32 Å². The van der Waals surface area contributed by atoms with E-state index in [4.69, 9.17) is 9.15 Å². The van der Waals surface area contributed by atoms with Gasteiger partial charge in [0, 0.05) is 11.1 Å². The Morgan fingerprint density at radius 1 is 1.17 bits per heavy atom. The Morgan fingerprint density at radius 3 is 2.71 bits per heavy atom. The van der Waals surface area contributed by atoms with E-state index in [-0.39, 0.29) is 5.56 Å². The zero-order chi connectivity index (χ0) is 17.1. The highest BCUT2D eigenvalue weighted by Crippen LogP contribution is 2.25. The van der Waals surface area contributed by atoms with Crippen LogP contribution in [-0.4, -0.2) is 13.0 Å². The third kappa shape index (κ3) is 2.88. The van der Waals surface area contributed by atoms with Gasteiger partial charge in [0.2, 0.25) is 0 Å². The number of hydrogen-bond donors (Lipinski definition) is 1. The Bertz CT molecular complexity index is 959. The van der Waals surface area contributed by atoms with Crippen molar-refractivity contribution in [3.8, 4) is 5.75 Å². The lowest BCUT2D eigenvalue weighted by Gasteiger charge is -2.10. The van der Waals surface area contributed by atoms with Crippen LogP contribution < -0.4 is 15.7 Å². The average Bonchev–Trinajstić information content (AvgIpc) is 2.61. The molecule has 3 aromatic rings. The van der Waals surface area contributed by atoms with Gasteiger partial charge in [-0.2, -0.15) is 0 Å². The summed E-state index contributed by atoms with van der Waals surface area (Å²) in [5, 5.41) is 3.41. The van der Waals surface area contributed by atoms with Crippen molar-refractivity contribution in [3.05, 3.63) is 70.1 Å². The normalized spacial score (nSPS) is 10.6. The number of anilines is 1. The predicted octanol–water partition coefficient (Wildman–Crippen LogP) is 3.62. The molecule has 1 amide bonds. The third-order valence-electron chi connectivity index (χ3n) is 3.83. The van der Waals surface area contributed by atoms with Crippen molar-refractivity contribution in [1.82, 2.24) is 0 Å². The van der Waals surface area contributed by atoms with Gasteiger partial charge in [0.05, 0.1) is 7.11 Å². The molecule has 1 heterocycles. The Morgan fingerprint density at radius 2 is 1.96 bits per heavy atom. The summed E-state index contributed by atoms with van der Waals surface area (Å²) in [4.78, 5) is 24.7. The Kier molecular flexibility index (Phi) is 4.33. The van der Waals surface area contributed by atoms with E-state index in [1.165, 1.54) is 13.2 Å². The van der Waals surface area contributed by atoms with Crippen molar-refractivity contribution in [3.63, 3.8) is 0 Å². The van der Waals surface area contributed by atoms with Crippen LogP contribution in [0.15, 0.2) is 57.7 Å². The molecule has 0 aliphatic heterocycles. The van der Waals surface area contributed by atoms with Gasteiger partial charge in [-0.15, -0.1) is 0 Å². The van der Waals surface area contributed by atoms with Gasteiger partial charge in [0.25, 0.3) is 5.91 Å². The van der Waals surface area contributed by atoms with E-state index in [0.717, 1.165) is 12.0 Å². The molecule has 0 bridgehead atoms. The summed E-state index contributed by atoms with van der Waals surface area (Å²) in [7, 11) is 1.50. The summed E-state index contributed by atoms with van der Waals surface area (Å²) in [5.74, 6) is -0.0396. The van der Waals surface area contributed by atoms with Crippen molar-refractivity contribution in [2.24, 2.45) is 0 Å². The molecule has 0 atom stereocenters. The van der Waals surface area contributed by atoms with Gasteiger partial charge < -0.3 is 14.5 Å². The first-order chi connectivity index (χ1) is 11.6. The number of ether oxygens (including phenoxy) is 1. The topological polar surface area (TPSA) is 68.5 Å². The summed E-state index contributed by atoms with van der Waals surface area (Å²) >= 11 is 0. The number of rotatable bonds is 4. The molecule has 0 saturated heterocycles. The maximum atomic E-state index is 12.5. The number of hydrogen-bond acceptors (Lipinski definition) is 4. The number of nitrogens with one attached hydrogen (secondary N) is 1. The molecule has 0 spiro atoms. The summed E-state index contributed by atoms with van der Waals surface area (Å²) < 4.78 is 10.5. The molecule has 0 aliphatic rings. The summed E-state index contributed by atoms with van der Waals surface area (Å²) in [6, 6.07) is 14.2. The molecule has 1 N–H and O–H groups in total. The zero-order valence-electron chi connectivity index (χ0n) is 13.5. The molecular formula is C19H17NO4. The van der Waals surface area contributed by atoms with Crippen LogP contribution in [0, 0.1) is 0 Å². The second-order valence-electron chi connectivity index (χ2n) is 5.29. The first-order valence-corrected chi connectivity index (χ1v) is 7.64. The number of carbonyl (C=O) groups excluding carboxylic acids is 1. The van der Waals surface area contributed by atoms with Gasteiger partial charge >= 0.3 is 5.63 Å². The largest absolute Gasteiger partial charge is 0.493 e.